The second kappa shape index (κ2) is 7.17. The van der Waals surface area contributed by atoms with E-state index < -0.39 is 21.9 Å². The number of carbonyl (C=O) groups is 1. The third-order valence-corrected chi connectivity index (χ3v) is 5.85. The van der Waals surface area contributed by atoms with E-state index >= 15 is 0 Å². The highest BCUT2D eigenvalue weighted by atomic mass is 35.5. The zero-order valence-electron chi connectivity index (χ0n) is 13.0. The van der Waals surface area contributed by atoms with E-state index in [4.69, 9.17) is 21.4 Å². The highest BCUT2D eigenvalue weighted by molar-refractivity contribution is 7.89. The van der Waals surface area contributed by atoms with Crippen molar-refractivity contribution in [2.45, 2.75) is 30.8 Å². The predicted molar refractivity (Wildman–Crippen MR) is 86.1 cm³/mol. The van der Waals surface area contributed by atoms with Gasteiger partial charge in [-0.2, -0.15) is 4.31 Å². The predicted octanol–water partition coefficient (Wildman–Crippen LogP) is 2.01. The molecule has 6 nitrogen and oxygen atoms in total. The lowest BCUT2D eigenvalue weighted by molar-refractivity contribution is -0.141. The van der Waals surface area contributed by atoms with Crippen molar-refractivity contribution in [3.8, 4) is 0 Å². The summed E-state index contributed by atoms with van der Waals surface area (Å²) in [4.78, 5) is 11.2. The quantitative estimate of drug-likeness (QED) is 0.716. The number of sulfonamides is 1. The maximum Gasteiger partial charge on any atom is 0.306 e. The van der Waals surface area contributed by atoms with Gasteiger partial charge in [-0.3, -0.25) is 4.79 Å². The van der Waals surface area contributed by atoms with Crippen molar-refractivity contribution in [2.75, 3.05) is 20.2 Å². The van der Waals surface area contributed by atoms with E-state index in [1.807, 2.05) is 0 Å². The summed E-state index contributed by atoms with van der Waals surface area (Å²) in [5.74, 6) is -1.47. The highest BCUT2D eigenvalue weighted by Gasteiger charge is 2.30. The van der Waals surface area contributed by atoms with Crippen LogP contribution in [-0.4, -0.2) is 50.1 Å². The number of benzene rings is 1. The number of epoxide rings is 1. The molecule has 128 valence electrons. The Balaban J connectivity index is 2.26. The number of carboxylic acids is 1. The molecule has 0 radical (unpaired) electrons. The van der Waals surface area contributed by atoms with Gasteiger partial charge in [0.05, 0.1) is 23.5 Å². The first-order chi connectivity index (χ1) is 10.7. The number of hydrogen-bond donors (Lipinski definition) is 1. The molecule has 1 fully saturated rings. The first-order valence-electron chi connectivity index (χ1n) is 7.34. The van der Waals surface area contributed by atoms with Crippen LogP contribution in [0.25, 0.3) is 0 Å². The molecule has 1 N–H and O–H groups in total. The smallest absolute Gasteiger partial charge is 0.306 e. The van der Waals surface area contributed by atoms with Crippen LogP contribution in [0.1, 0.15) is 18.9 Å². The van der Waals surface area contributed by atoms with E-state index in [0.717, 1.165) is 0 Å². The lowest BCUT2D eigenvalue weighted by atomic mass is 9.97. The zero-order valence-corrected chi connectivity index (χ0v) is 14.6. The number of ether oxygens (including phenoxy) is 1. The molecule has 0 amide bonds. The summed E-state index contributed by atoms with van der Waals surface area (Å²) >= 11 is 6.03. The van der Waals surface area contributed by atoms with E-state index in [1.54, 1.807) is 13.0 Å². The van der Waals surface area contributed by atoms with Crippen LogP contribution in [0.2, 0.25) is 5.02 Å². The van der Waals surface area contributed by atoms with Gasteiger partial charge in [0.2, 0.25) is 10.0 Å². The lowest BCUT2D eigenvalue weighted by Crippen LogP contribution is -2.30. The second-order valence-corrected chi connectivity index (χ2v) is 8.16. The maximum absolute atomic E-state index is 12.6. The van der Waals surface area contributed by atoms with Gasteiger partial charge in [0, 0.05) is 18.6 Å². The average Bonchev–Trinajstić information content (AvgIpc) is 3.27. The summed E-state index contributed by atoms with van der Waals surface area (Å²) in [5.41, 5.74) is 0.599. The molecule has 0 saturated carbocycles. The summed E-state index contributed by atoms with van der Waals surface area (Å²) in [6.07, 6.45) is 0.651. The van der Waals surface area contributed by atoms with Crippen LogP contribution in [0.3, 0.4) is 0 Å². The van der Waals surface area contributed by atoms with Crippen LogP contribution < -0.4 is 0 Å². The van der Waals surface area contributed by atoms with Crippen molar-refractivity contribution in [3.05, 3.63) is 28.8 Å². The molecule has 23 heavy (non-hydrogen) atoms. The molecule has 0 aromatic heterocycles. The van der Waals surface area contributed by atoms with Crippen molar-refractivity contribution in [1.29, 1.82) is 0 Å². The van der Waals surface area contributed by atoms with Gasteiger partial charge in [-0.15, -0.1) is 0 Å². The van der Waals surface area contributed by atoms with Crippen LogP contribution in [0.15, 0.2) is 23.1 Å². The molecule has 2 unspecified atom stereocenters. The fraction of sp³-hybridized carbons (Fsp3) is 0.533. The van der Waals surface area contributed by atoms with E-state index in [0.29, 0.717) is 18.6 Å². The van der Waals surface area contributed by atoms with E-state index in [1.165, 1.54) is 23.5 Å². The minimum absolute atomic E-state index is 0.0510. The number of rotatable bonds is 8. The average molecular weight is 362 g/mol. The Labute approximate surface area is 141 Å². The Bertz CT molecular complexity index is 687. The molecule has 1 aromatic carbocycles. The van der Waals surface area contributed by atoms with Gasteiger partial charge < -0.3 is 9.84 Å². The second-order valence-electron chi connectivity index (χ2n) is 5.68. The van der Waals surface area contributed by atoms with Gasteiger partial charge in [0.25, 0.3) is 0 Å². The fourth-order valence-corrected chi connectivity index (χ4v) is 3.94. The molecule has 1 aromatic rings. The number of likely N-dealkylation sites (N-methyl/N-ethyl adjacent to an activating group) is 1. The number of halogens is 1. The lowest BCUT2D eigenvalue weighted by Gasteiger charge is -2.17. The third-order valence-electron chi connectivity index (χ3n) is 3.83. The Hall–Kier alpha value is -1.15. The van der Waals surface area contributed by atoms with Crippen LogP contribution >= 0.6 is 11.6 Å². The molecule has 2 rings (SSSR count). The fourth-order valence-electron chi connectivity index (χ4n) is 2.32. The maximum atomic E-state index is 12.6. The molecular formula is C15H20ClNO5S. The van der Waals surface area contributed by atoms with E-state index in [2.05, 4.69) is 0 Å². The molecular weight excluding hydrogens is 342 g/mol. The zero-order chi connectivity index (χ0) is 17.2. The largest absolute Gasteiger partial charge is 0.481 e. The molecule has 0 bridgehead atoms. The van der Waals surface area contributed by atoms with Crippen LogP contribution in [0, 0.1) is 5.92 Å². The third kappa shape index (κ3) is 4.67. The normalized spacial score (nSPS) is 18.9. The Morgan fingerprint density at radius 1 is 1.48 bits per heavy atom. The SMILES string of the molecule is CCC(Cc1cc(Cl)cc(S(=O)(=O)N(C)CC2CO2)c1)C(=O)O. The molecule has 1 aliphatic rings. The first-order valence-corrected chi connectivity index (χ1v) is 9.16. The molecule has 0 aliphatic carbocycles. The van der Waals surface area contributed by atoms with Crippen molar-refractivity contribution in [3.63, 3.8) is 0 Å². The molecule has 2 atom stereocenters. The molecule has 8 heteroatoms. The summed E-state index contributed by atoms with van der Waals surface area (Å²) in [6.45, 7) is 2.64. The standard InChI is InChI=1S/C15H20ClNO5S/c1-3-11(15(18)19)4-10-5-12(16)7-14(6-10)23(20,21)17(2)8-13-9-22-13/h5-7,11,13H,3-4,8-9H2,1-2H3,(H,18,19). The minimum Gasteiger partial charge on any atom is -0.481 e. The van der Waals surface area contributed by atoms with Gasteiger partial charge >= 0.3 is 5.97 Å². The number of hydrogen-bond acceptors (Lipinski definition) is 4. The molecule has 1 aliphatic heterocycles. The Morgan fingerprint density at radius 3 is 2.65 bits per heavy atom. The summed E-state index contributed by atoms with van der Waals surface area (Å²) in [6, 6.07) is 4.49. The number of aliphatic carboxylic acids is 1. The van der Waals surface area contributed by atoms with Crippen LogP contribution in [-0.2, 0) is 26.0 Å². The molecule has 0 spiro atoms. The molecule has 1 heterocycles. The van der Waals surface area contributed by atoms with Gasteiger partial charge in [-0.05, 0) is 36.6 Å². The van der Waals surface area contributed by atoms with Gasteiger partial charge in [0.1, 0.15) is 0 Å². The molecule has 1 saturated heterocycles. The van der Waals surface area contributed by atoms with Crippen molar-refractivity contribution < 1.29 is 23.1 Å². The minimum atomic E-state index is -3.68. The Morgan fingerprint density at radius 2 is 2.13 bits per heavy atom. The highest BCUT2D eigenvalue weighted by Crippen LogP contribution is 2.25. The van der Waals surface area contributed by atoms with Crippen LogP contribution in [0.5, 0.6) is 0 Å². The van der Waals surface area contributed by atoms with Gasteiger partial charge in [-0.25, -0.2) is 8.42 Å². The monoisotopic (exact) mass is 361 g/mol. The van der Waals surface area contributed by atoms with E-state index in [-0.39, 0.29) is 29.0 Å². The summed E-state index contributed by atoms with van der Waals surface area (Å²) in [7, 11) is -2.19. The van der Waals surface area contributed by atoms with Crippen LogP contribution in [0.4, 0.5) is 0 Å². The summed E-state index contributed by atoms with van der Waals surface area (Å²) in [5, 5.41) is 9.43. The van der Waals surface area contributed by atoms with Crippen molar-refractivity contribution >= 4 is 27.6 Å². The topological polar surface area (TPSA) is 87.2 Å². The first kappa shape index (κ1) is 18.2. The van der Waals surface area contributed by atoms with E-state index in [9.17, 15) is 13.2 Å². The van der Waals surface area contributed by atoms with Crippen molar-refractivity contribution in [2.24, 2.45) is 5.92 Å². The van der Waals surface area contributed by atoms with Gasteiger partial charge in [0.15, 0.2) is 0 Å². The Kier molecular flexibility index (Phi) is 5.67. The van der Waals surface area contributed by atoms with Gasteiger partial charge in [-0.1, -0.05) is 18.5 Å². The number of nitrogens with zero attached hydrogens (tertiary/aromatic N) is 1. The van der Waals surface area contributed by atoms with Crippen molar-refractivity contribution in [1.82, 2.24) is 4.31 Å². The summed E-state index contributed by atoms with van der Waals surface area (Å²) < 4.78 is 31.5. The number of carboxylic acid groups (broad SMARTS) is 1.